The largest absolute Gasteiger partial charge is 0.381 e. The summed E-state index contributed by atoms with van der Waals surface area (Å²) < 4.78 is 15.8. The third-order valence-corrected chi connectivity index (χ3v) is 4.75. The summed E-state index contributed by atoms with van der Waals surface area (Å²) in [5.41, 5.74) is 0.568. The fraction of sp³-hybridized carbons (Fsp3) is 0.267. The van der Waals surface area contributed by atoms with E-state index in [1.54, 1.807) is 10.7 Å². The van der Waals surface area contributed by atoms with Gasteiger partial charge < -0.3 is 5.11 Å². The van der Waals surface area contributed by atoms with Crippen LogP contribution in [0.4, 0.5) is 4.39 Å². The SMILES string of the molecule is CC(C)n1ncc(Cl)c1C(O)c1cc2ccc(F)cc2s1. The smallest absolute Gasteiger partial charge is 0.131 e. The van der Waals surface area contributed by atoms with Gasteiger partial charge in [-0.15, -0.1) is 11.3 Å². The molecule has 110 valence electrons. The molecule has 2 heterocycles. The first-order valence-corrected chi connectivity index (χ1v) is 7.76. The van der Waals surface area contributed by atoms with Crippen LogP contribution >= 0.6 is 22.9 Å². The van der Waals surface area contributed by atoms with Gasteiger partial charge in [-0.1, -0.05) is 17.7 Å². The molecule has 3 rings (SSSR count). The number of nitrogens with zero attached hydrogens (tertiary/aromatic N) is 2. The summed E-state index contributed by atoms with van der Waals surface area (Å²) in [6.45, 7) is 3.94. The van der Waals surface area contributed by atoms with Gasteiger partial charge in [-0.3, -0.25) is 4.68 Å². The van der Waals surface area contributed by atoms with Gasteiger partial charge in [0, 0.05) is 15.6 Å². The van der Waals surface area contributed by atoms with E-state index in [1.165, 1.54) is 29.7 Å². The van der Waals surface area contributed by atoms with Crippen molar-refractivity contribution < 1.29 is 9.50 Å². The van der Waals surface area contributed by atoms with E-state index in [2.05, 4.69) is 5.10 Å². The second-order valence-corrected chi connectivity index (χ2v) is 6.67. The number of benzene rings is 1. The lowest BCUT2D eigenvalue weighted by Crippen LogP contribution is -2.11. The highest BCUT2D eigenvalue weighted by Gasteiger charge is 2.23. The molecule has 0 aliphatic heterocycles. The Bertz CT molecular complexity index is 796. The highest BCUT2D eigenvalue weighted by molar-refractivity contribution is 7.19. The minimum atomic E-state index is -0.872. The number of aliphatic hydroxyl groups excluding tert-OH is 1. The van der Waals surface area contributed by atoms with Gasteiger partial charge in [0.25, 0.3) is 0 Å². The predicted molar refractivity (Wildman–Crippen MR) is 83.5 cm³/mol. The van der Waals surface area contributed by atoms with Crippen molar-refractivity contribution >= 4 is 33.0 Å². The normalized spacial score (nSPS) is 13.2. The van der Waals surface area contributed by atoms with Gasteiger partial charge in [-0.05, 0) is 37.4 Å². The Morgan fingerprint density at radius 1 is 1.33 bits per heavy atom. The molecule has 0 radical (unpaired) electrons. The monoisotopic (exact) mass is 324 g/mol. The third-order valence-electron chi connectivity index (χ3n) is 3.31. The molecular weight excluding hydrogens is 311 g/mol. The standard InChI is InChI=1S/C15H14ClFN2OS/c1-8(2)19-14(11(16)7-18-19)15(20)13-5-9-3-4-10(17)6-12(9)21-13/h3-8,15,20H,1-2H3. The van der Waals surface area contributed by atoms with E-state index in [1.807, 2.05) is 19.9 Å². The van der Waals surface area contributed by atoms with Gasteiger partial charge in [0.05, 0.1) is 16.9 Å². The van der Waals surface area contributed by atoms with Gasteiger partial charge in [0.1, 0.15) is 11.9 Å². The Morgan fingerprint density at radius 3 is 2.81 bits per heavy atom. The molecular formula is C15H14ClFN2OS. The van der Waals surface area contributed by atoms with E-state index in [-0.39, 0.29) is 11.9 Å². The van der Waals surface area contributed by atoms with Crippen molar-refractivity contribution in [2.45, 2.75) is 26.0 Å². The van der Waals surface area contributed by atoms with Crippen LogP contribution in [0.3, 0.4) is 0 Å². The Hall–Kier alpha value is -1.43. The predicted octanol–water partition coefficient (Wildman–Crippen LogP) is 4.55. The summed E-state index contributed by atoms with van der Waals surface area (Å²) in [4.78, 5) is 0.722. The van der Waals surface area contributed by atoms with Gasteiger partial charge >= 0.3 is 0 Å². The van der Waals surface area contributed by atoms with Gasteiger partial charge in [0.15, 0.2) is 0 Å². The molecule has 1 aromatic carbocycles. The van der Waals surface area contributed by atoms with E-state index in [0.717, 1.165) is 15.0 Å². The molecule has 0 saturated carbocycles. The molecule has 0 aliphatic rings. The first-order chi connectivity index (χ1) is 9.97. The number of rotatable bonds is 3. The summed E-state index contributed by atoms with van der Waals surface area (Å²) in [6, 6.07) is 6.54. The van der Waals surface area contributed by atoms with Gasteiger partial charge in [-0.2, -0.15) is 5.10 Å². The van der Waals surface area contributed by atoms with Crippen LogP contribution < -0.4 is 0 Å². The number of halogens is 2. The van der Waals surface area contributed by atoms with Crippen LogP contribution in [0.5, 0.6) is 0 Å². The Kier molecular flexibility index (Phi) is 3.73. The minimum absolute atomic E-state index is 0.0916. The molecule has 6 heteroatoms. The van der Waals surface area contributed by atoms with Crippen molar-refractivity contribution in [3.05, 3.63) is 51.9 Å². The van der Waals surface area contributed by atoms with Crippen LogP contribution in [0.25, 0.3) is 10.1 Å². The average molecular weight is 325 g/mol. The molecule has 3 aromatic rings. The zero-order valence-electron chi connectivity index (χ0n) is 11.5. The molecule has 0 bridgehead atoms. The maximum Gasteiger partial charge on any atom is 0.131 e. The summed E-state index contributed by atoms with van der Waals surface area (Å²) in [5.74, 6) is -0.282. The van der Waals surface area contributed by atoms with Gasteiger partial charge in [-0.25, -0.2) is 4.39 Å². The second-order valence-electron chi connectivity index (χ2n) is 5.15. The lowest BCUT2D eigenvalue weighted by Gasteiger charge is -2.15. The van der Waals surface area contributed by atoms with Crippen molar-refractivity contribution in [3.63, 3.8) is 0 Å². The lowest BCUT2D eigenvalue weighted by molar-refractivity contribution is 0.209. The molecule has 21 heavy (non-hydrogen) atoms. The van der Waals surface area contributed by atoms with Crippen molar-refractivity contribution in [3.8, 4) is 0 Å². The van der Waals surface area contributed by atoms with Crippen molar-refractivity contribution in [2.75, 3.05) is 0 Å². The van der Waals surface area contributed by atoms with Gasteiger partial charge in [0.2, 0.25) is 0 Å². The molecule has 0 saturated heterocycles. The average Bonchev–Trinajstić information content (AvgIpc) is 3.00. The van der Waals surface area contributed by atoms with Crippen molar-refractivity contribution in [2.24, 2.45) is 0 Å². The quantitative estimate of drug-likeness (QED) is 0.767. The topological polar surface area (TPSA) is 38.0 Å². The number of thiophene rings is 1. The second kappa shape index (κ2) is 5.40. The zero-order valence-corrected chi connectivity index (χ0v) is 13.1. The third kappa shape index (κ3) is 2.57. The number of aromatic nitrogens is 2. The highest BCUT2D eigenvalue weighted by Crippen LogP contribution is 2.36. The minimum Gasteiger partial charge on any atom is -0.381 e. The molecule has 3 nitrogen and oxygen atoms in total. The molecule has 0 amide bonds. The van der Waals surface area contributed by atoms with Crippen LogP contribution in [-0.2, 0) is 0 Å². The fourth-order valence-corrected chi connectivity index (χ4v) is 3.63. The first-order valence-electron chi connectivity index (χ1n) is 6.57. The number of aliphatic hydroxyl groups is 1. The van der Waals surface area contributed by atoms with E-state index in [0.29, 0.717) is 10.7 Å². The molecule has 0 spiro atoms. The van der Waals surface area contributed by atoms with Crippen molar-refractivity contribution in [1.82, 2.24) is 9.78 Å². The van der Waals surface area contributed by atoms with Crippen LogP contribution in [0, 0.1) is 5.82 Å². The highest BCUT2D eigenvalue weighted by atomic mass is 35.5. The van der Waals surface area contributed by atoms with Crippen LogP contribution in [0.15, 0.2) is 30.5 Å². The van der Waals surface area contributed by atoms with E-state index >= 15 is 0 Å². The van der Waals surface area contributed by atoms with Crippen molar-refractivity contribution in [1.29, 1.82) is 0 Å². The maximum atomic E-state index is 13.3. The molecule has 1 unspecified atom stereocenters. The summed E-state index contributed by atoms with van der Waals surface area (Å²) in [7, 11) is 0. The van der Waals surface area contributed by atoms with E-state index < -0.39 is 6.10 Å². The Labute approximate surface area is 130 Å². The van der Waals surface area contributed by atoms with Crippen LogP contribution in [-0.4, -0.2) is 14.9 Å². The fourth-order valence-electron chi connectivity index (χ4n) is 2.31. The molecule has 1 atom stereocenters. The number of hydrogen-bond donors (Lipinski definition) is 1. The molecule has 0 aliphatic carbocycles. The summed E-state index contributed by atoms with van der Waals surface area (Å²) in [6.07, 6.45) is 0.662. The van der Waals surface area contributed by atoms with E-state index in [9.17, 15) is 9.50 Å². The lowest BCUT2D eigenvalue weighted by atomic mass is 10.1. The summed E-state index contributed by atoms with van der Waals surface area (Å²) >= 11 is 7.52. The van der Waals surface area contributed by atoms with Crippen LogP contribution in [0.2, 0.25) is 5.02 Å². The first kappa shape index (κ1) is 14.5. The van der Waals surface area contributed by atoms with E-state index in [4.69, 9.17) is 11.6 Å². The Morgan fingerprint density at radius 2 is 2.10 bits per heavy atom. The number of hydrogen-bond acceptors (Lipinski definition) is 3. The zero-order chi connectivity index (χ0) is 15.1. The Balaban J connectivity index is 2.08. The van der Waals surface area contributed by atoms with Crippen LogP contribution in [0.1, 0.15) is 36.6 Å². The molecule has 1 N–H and O–H groups in total. The maximum absolute atomic E-state index is 13.3. The molecule has 0 fully saturated rings. The number of fused-ring (bicyclic) bond motifs is 1. The summed E-state index contributed by atoms with van der Waals surface area (Å²) in [5, 5.41) is 16.2. The molecule has 2 aromatic heterocycles.